The average molecular weight is 328 g/mol. The van der Waals surface area contributed by atoms with Gasteiger partial charge in [-0.15, -0.1) is 0 Å². The quantitative estimate of drug-likeness (QED) is 0.722. The molecule has 0 spiro atoms. The van der Waals surface area contributed by atoms with Gasteiger partial charge in [-0.2, -0.15) is 0 Å². The van der Waals surface area contributed by atoms with E-state index in [1.54, 1.807) is 0 Å². The summed E-state index contributed by atoms with van der Waals surface area (Å²) in [4.78, 5) is 0. The van der Waals surface area contributed by atoms with E-state index in [0.717, 1.165) is 43.8 Å². The summed E-state index contributed by atoms with van der Waals surface area (Å²) >= 11 is 0. The minimum absolute atomic E-state index is 0.0115. The molecule has 1 N–H and O–H groups in total. The summed E-state index contributed by atoms with van der Waals surface area (Å²) in [7, 11) is 0. The Kier molecular flexibility index (Phi) is 3.76. The third-order valence-corrected chi connectivity index (χ3v) is 8.08. The lowest BCUT2D eigenvalue weighted by atomic mass is 9.52. The van der Waals surface area contributed by atoms with Crippen LogP contribution >= 0.6 is 0 Å². The van der Waals surface area contributed by atoms with Crippen LogP contribution in [0.1, 0.15) is 59.3 Å². The van der Waals surface area contributed by atoms with Crippen molar-refractivity contribution in [2.45, 2.75) is 64.9 Å². The molecule has 4 aliphatic rings. The molecule has 0 heterocycles. The van der Waals surface area contributed by atoms with Crippen molar-refractivity contribution in [2.24, 2.45) is 29.1 Å². The Morgan fingerprint density at radius 3 is 2.83 bits per heavy atom. The van der Waals surface area contributed by atoms with Crippen LogP contribution in [0.4, 0.5) is 0 Å². The molecule has 0 radical (unpaired) electrons. The third kappa shape index (κ3) is 2.11. The van der Waals surface area contributed by atoms with Crippen molar-refractivity contribution in [3.05, 3.63) is 35.6 Å². The molecule has 2 fully saturated rings. The van der Waals surface area contributed by atoms with Crippen LogP contribution in [-0.4, -0.2) is 17.3 Å². The zero-order chi connectivity index (χ0) is 17.1. The van der Waals surface area contributed by atoms with Gasteiger partial charge in [-0.05, 0) is 86.8 Å². The van der Waals surface area contributed by atoms with Crippen LogP contribution in [0, 0.1) is 29.1 Å². The SMILES string of the molecule is C=C1C[C@H]2[C@@H]3CC=C4C=C(OCC)CC[C@@H]4[C@H]3CC[C@]2(C)[C@@]1(C)O. The predicted molar refractivity (Wildman–Crippen MR) is 97.3 cm³/mol. The van der Waals surface area contributed by atoms with Crippen molar-refractivity contribution in [1.82, 2.24) is 0 Å². The van der Waals surface area contributed by atoms with Crippen molar-refractivity contribution in [3.8, 4) is 0 Å². The van der Waals surface area contributed by atoms with E-state index >= 15 is 0 Å². The van der Waals surface area contributed by atoms with Crippen LogP contribution in [0.3, 0.4) is 0 Å². The van der Waals surface area contributed by atoms with Crippen LogP contribution in [0.25, 0.3) is 0 Å². The lowest BCUT2D eigenvalue weighted by molar-refractivity contribution is -0.0912. The molecule has 2 nitrogen and oxygen atoms in total. The van der Waals surface area contributed by atoms with Crippen molar-refractivity contribution in [1.29, 1.82) is 0 Å². The Bertz CT molecular complexity index is 611. The Hall–Kier alpha value is -1.02. The zero-order valence-electron chi connectivity index (χ0n) is 15.5. The fourth-order valence-electron chi connectivity index (χ4n) is 6.40. The molecule has 0 aromatic rings. The van der Waals surface area contributed by atoms with Gasteiger partial charge in [0.2, 0.25) is 0 Å². The first-order valence-corrected chi connectivity index (χ1v) is 9.82. The van der Waals surface area contributed by atoms with E-state index in [9.17, 15) is 5.11 Å². The summed E-state index contributed by atoms with van der Waals surface area (Å²) < 4.78 is 5.77. The van der Waals surface area contributed by atoms with E-state index in [-0.39, 0.29) is 5.41 Å². The maximum absolute atomic E-state index is 11.1. The standard InChI is InChI=1S/C22H32O2/c1-5-24-16-7-9-17-15(13-16)6-8-19-18(17)10-11-21(3)20(19)12-14(2)22(21,4)23/h6,13,17-20,23H,2,5,7-12H2,1,3-4H3/t17-,18+,19+,20-,21-,22-/m0/s1. The summed E-state index contributed by atoms with van der Waals surface area (Å²) in [6, 6.07) is 0. The molecule has 0 amide bonds. The molecular weight excluding hydrogens is 296 g/mol. The maximum Gasteiger partial charge on any atom is 0.0962 e. The lowest BCUT2D eigenvalue weighted by Crippen LogP contribution is -2.51. The summed E-state index contributed by atoms with van der Waals surface area (Å²) in [5.74, 6) is 3.97. The van der Waals surface area contributed by atoms with Gasteiger partial charge in [0.25, 0.3) is 0 Å². The lowest BCUT2D eigenvalue weighted by Gasteiger charge is -2.54. The fraction of sp³-hybridized carbons (Fsp3) is 0.727. The van der Waals surface area contributed by atoms with Gasteiger partial charge in [0.15, 0.2) is 0 Å². The molecule has 4 aliphatic carbocycles. The van der Waals surface area contributed by atoms with Crippen molar-refractivity contribution >= 4 is 0 Å². The van der Waals surface area contributed by atoms with Crippen LogP contribution in [0.15, 0.2) is 35.6 Å². The van der Waals surface area contributed by atoms with Crippen LogP contribution in [-0.2, 0) is 4.74 Å². The number of fused-ring (bicyclic) bond motifs is 5. The topological polar surface area (TPSA) is 29.5 Å². The van der Waals surface area contributed by atoms with Gasteiger partial charge < -0.3 is 9.84 Å². The Morgan fingerprint density at radius 2 is 2.08 bits per heavy atom. The predicted octanol–water partition coefficient (Wildman–Crippen LogP) is 5.01. The molecule has 0 unspecified atom stereocenters. The van der Waals surface area contributed by atoms with Crippen LogP contribution < -0.4 is 0 Å². The summed E-state index contributed by atoms with van der Waals surface area (Å²) in [6.45, 7) is 11.4. The molecule has 0 bridgehead atoms. The second-order valence-corrected chi connectivity index (χ2v) is 8.90. The van der Waals surface area contributed by atoms with Gasteiger partial charge in [-0.1, -0.05) is 19.6 Å². The number of hydrogen-bond acceptors (Lipinski definition) is 2. The molecule has 24 heavy (non-hydrogen) atoms. The first-order valence-electron chi connectivity index (χ1n) is 9.82. The molecule has 2 saturated carbocycles. The molecule has 0 aromatic carbocycles. The minimum atomic E-state index is -0.693. The minimum Gasteiger partial charge on any atom is -0.498 e. The molecule has 2 heteroatoms. The third-order valence-electron chi connectivity index (χ3n) is 8.08. The van der Waals surface area contributed by atoms with E-state index in [2.05, 4.69) is 32.6 Å². The van der Waals surface area contributed by atoms with E-state index in [4.69, 9.17) is 4.74 Å². The highest BCUT2D eigenvalue weighted by Gasteiger charge is 2.61. The second kappa shape index (κ2) is 5.49. The molecule has 6 atom stereocenters. The highest BCUT2D eigenvalue weighted by Crippen LogP contribution is 2.65. The smallest absolute Gasteiger partial charge is 0.0962 e. The molecule has 132 valence electrons. The highest BCUT2D eigenvalue weighted by atomic mass is 16.5. The monoisotopic (exact) mass is 328 g/mol. The zero-order valence-corrected chi connectivity index (χ0v) is 15.5. The largest absolute Gasteiger partial charge is 0.498 e. The molecular formula is C22H32O2. The maximum atomic E-state index is 11.1. The van der Waals surface area contributed by atoms with E-state index < -0.39 is 5.60 Å². The number of ether oxygens (including phenoxy) is 1. The molecule has 4 rings (SSSR count). The first kappa shape index (κ1) is 16.4. The van der Waals surface area contributed by atoms with Crippen molar-refractivity contribution < 1.29 is 9.84 Å². The van der Waals surface area contributed by atoms with Gasteiger partial charge in [-0.3, -0.25) is 0 Å². The van der Waals surface area contributed by atoms with E-state index in [1.807, 2.05) is 6.92 Å². The number of rotatable bonds is 2. The summed E-state index contributed by atoms with van der Waals surface area (Å²) in [5, 5.41) is 11.1. The van der Waals surface area contributed by atoms with E-state index in [0.29, 0.717) is 17.8 Å². The van der Waals surface area contributed by atoms with Gasteiger partial charge >= 0.3 is 0 Å². The molecule has 0 aromatic heterocycles. The van der Waals surface area contributed by atoms with Crippen molar-refractivity contribution in [3.63, 3.8) is 0 Å². The van der Waals surface area contributed by atoms with Gasteiger partial charge in [0.1, 0.15) is 0 Å². The number of allylic oxidation sites excluding steroid dienone is 4. The van der Waals surface area contributed by atoms with Gasteiger partial charge in [0, 0.05) is 11.8 Å². The van der Waals surface area contributed by atoms with Gasteiger partial charge in [0.05, 0.1) is 18.0 Å². The summed E-state index contributed by atoms with van der Waals surface area (Å²) in [5.41, 5.74) is 1.91. The van der Waals surface area contributed by atoms with Crippen LogP contribution in [0.5, 0.6) is 0 Å². The van der Waals surface area contributed by atoms with Crippen molar-refractivity contribution in [2.75, 3.05) is 6.61 Å². The summed E-state index contributed by atoms with van der Waals surface area (Å²) in [6.07, 6.45) is 11.7. The first-order chi connectivity index (χ1) is 11.4. The molecule has 0 saturated heterocycles. The normalized spacial score (nSPS) is 47.2. The van der Waals surface area contributed by atoms with Crippen LogP contribution in [0.2, 0.25) is 0 Å². The Morgan fingerprint density at radius 1 is 1.29 bits per heavy atom. The second-order valence-electron chi connectivity index (χ2n) is 8.90. The molecule has 0 aliphatic heterocycles. The Labute approximate surface area is 146 Å². The van der Waals surface area contributed by atoms with Gasteiger partial charge in [-0.25, -0.2) is 0 Å². The van der Waals surface area contributed by atoms with E-state index in [1.165, 1.54) is 24.2 Å². The Balaban J connectivity index is 1.63. The fourth-order valence-corrected chi connectivity index (χ4v) is 6.40. The number of hydrogen-bond donors (Lipinski definition) is 1. The average Bonchev–Trinajstić information content (AvgIpc) is 2.74. The number of aliphatic hydroxyl groups is 1. The highest BCUT2D eigenvalue weighted by molar-refractivity contribution is 5.34.